The van der Waals surface area contributed by atoms with Gasteiger partial charge in [0.2, 0.25) is 11.8 Å². The number of halogens is 3. The SMILES string of the molecule is O=c1[nH]c(O)c(C=c2cnn3c(=NC4CC4)nc(NCc4ccccc4-c4ccnc(C(F)(F)F)c4)nc23)[nH]1. The highest BCUT2D eigenvalue weighted by Gasteiger charge is 2.32. The summed E-state index contributed by atoms with van der Waals surface area (Å²) in [6.45, 7) is 0.206. The molecule has 0 aliphatic heterocycles. The van der Waals surface area contributed by atoms with E-state index in [1.807, 2.05) is 0 Å². The van der Waals surface area contributed by atoms with Gasteiger partial charge in [0.25, 0.3) is 5.62 Å². The second-order valence-electron chi connectivity index (χ2n) is 8.97. The molecule has 0 bridgehead atoms. The third kappa shape index (κ3) is 5.08. The third-order valence-electron chi connectivity index (χ3n) is 6.07. The minimum atomic E-state index is -4.56. The van der Waals surface area contributed by atoms with Crippen LogP contribution in [0.15, 0.2) is 58.6 Å². The fraction of sp³-hybridized carbons (Fsp3) is 0.200. The van der Waals surface area contributed by atoms with Gasteiger partial charge in [-0.15, -0.1) is 0 Å². The monoisotopic (exact) mass is 535 g/mol. The van der Waals surface area contributed by atoms with E-state index in [0.29, 0.717) is 27.6 Å². The molecule has 0 unspecified atom stereocenters. The molecule has 1 aromatic carbocycles. The summed E-state index contributed by atoms with van der Waals surface area (Å²) in [4.78, 5) is 33.4. The topological polar surface area (TPSA) is 149 Å². The number of hydrogen-bond donors (Lipinski definition) is 4. The second kappa shape index (κ2) is 9.38. The maximum absolute atomic E-state index is 13.2. The van der Waals surface area contributed by atoms with Crippen LogP contribution in [0.3, 0.4) is 0 Å². The van der Waals surface area contributed by atoms with E-state index in [1.165, 1.54) is 22.9 Å². The van der Waals surface area contributed by atoms with Gasteiger partial charge >= 0.3 is 11.9 Å². The Morgan fingerprint density at radius 3 is 2.74 bits per heavy atom. The van der Waals surface area contributed by atoms with Crippen LogP contribution in [-0.4, -0.2) is 45.7 Å². The van der Waals surface area contributed by atoms with E-state index in [1.54, 1.807) is 24.3 Å². The van der Waals surface area contributed by atoms with Gasteiger partial charge in [-0.3, -0.25) is 9.97 Å². The van der Waals surface area contributed by atoms with E-state index in [-0.39, 0.29) is 30.1 Å². The highest BCUT2D eigenvalue weighted by molar-refractivity contribution is 5.68. The van der Waals surface area contributed by atoms with E-state index in [9.17, 15) is 23.1 Å². The molecule has 0 atom stereocenters. The van der Waals surface area contributed by atoms with Gasteiger partial charge < -0.3 is 15.4 Å². The van der Waals surface area contributed by atoms with Crippen LogP contribution in [0.5, 0.6) is 5.88 Å². The lowest BCUT2D eigenvalue weighted by Gasteiger charge is -2.13. The molecule has 4 heterocycles. The highest BCUT2D eigenvalue weighted by atomic mass is 19.4. The highest BCUT2D eigenvalue weighted by Crippen LogP contribution is 2.31. The minimum absolute atomic E-state index is 0.132. The number of nitrogens with zero attached hydrogens (tertiary/aromatic N) is 6. The first-order valence-corrected chi connectivity index (χ1v) is 11.9. The normalized spacial score (nSPS) is 14.8. The Kier molecular flexibility index (Phi) is 5.85. The molecule has 5 aromatic rings. The number of imidazole rings is 1. The summed E-state index contributed by atoms with van der Waals surface area (Å²) < 4.78 is 41.2. The van der Waals surface area contributed by atoms with Crippen molar-refractivity contribution in [3.8, 4) is 17.0 Å². The van der Waals surface area contributed by atoms with Gasteiger partial charge in [-0.2, -0.15) is 32.8 Å². The number of alkyl halides is 3. The summed E-state index contributed by atoms with van der Waals surface area (Å²) in [6, 6.07) is 9.75. The first kappa shape index (κ1) is 24.3. The number of hydrogen-bond acceptors (Lipinski definition) is 8. The molecule has 0 spiro atoms. The summed E-state index contributed by atoms with van der Waals surface area (Å²) in [7, 11) is 0. The molecule has 1 aliphatic carbocycles. The summed E-state index contributed by atoms with van der Waals surface area (Å²) in [5.74, 6) is -0.0969. The molecular formula is C25H20F3N9O2. The predicted octanol–water partition coefficient (Wildman–Crippen LogP) is 2.15. The Hall–Kier alpha value is -5.01. The maximum atomic E-state index is 13.2. The maximum Gasteiger partial charge on any atom is 0.433 e. The second-order valence-corrected chi connectivity index (χ2v) is 8.97. The van der Waals surface area contributed by atoms with Crippen molar-refractivity contribution in [1.29, 1.82) is 0 Å². The van der Waals surface area contributed by atoms with Crippen molar-refractivity contribution < 1.29 is 18.3 Å². The Labute approximate surface area is 216 Å². The first-order valence-electron chi connectivity index (χ1n) is 11.9. The van der Waals surface area contributed by atoms with Gasteiger partial charge in [0, 0.05) is 18.0 Å². The summed E-state index contributed by atoms with van der Waals surface area (Å²) in [5, 5.41) is 17.9. The molecule has 14 heteroatoms. The number of benzene rings is 1. The van der Waals surface area contributed by atoms with E-state index in [0.717, 1.165) is 30.7 Å². The fourth-order valence-corrected chi connectivity index (χ4v) is 4.04. The van der Waals surface area contributed by atoms with Crippen LogP contribution in [-0.2, 0) is 12.7 Å². The quantitative estimate of drug-likeness (QED) is 0.260. The molecule has 1 fully saturated rings. The van der Waals surface area contributed by atoms with Crippen LogP contribution in [0, 0.1) is 0 Å². The number of rotatable bonds is 6. The molecule has 1 saturated carbocycles. The van der Waals surface area contributed by atoms with Gasteiger partial charge in [-0.05, 0) is 47.7 Å². The number of aromatic amines is 2. The van der Waals surface area contributed by atoms with Crippen molar-refractivity contribution in [3.05, 3.63) is 87.1 Å². The van der Waals surface area contributed by atoms with Crippen molar-refractivity contribution in [2.24, 2.45) is 4.99 Å². The molecule has 4 N–H and O–H groups in total. The van der Waals surface area contributed by atoms with Gasteiger partial charge in [0.1, 0.15) is 11.4 Å². The summed E-state index contributed by atoms with van der Waals surface area (Å²) in [5.41, 5.74) is 1.04. The van der Waals surface area contributed by atoms with Crippen LogP contribution < -0.4 is 21.8 Å². The Morgan fingerprint density at radius 2 is 2.00 bits per heavy atom. The minimum Gasteiger partial charge on any atom is -0.493 e. The van der Waals surface area contributed by atoms with Crippen LogP contribution in [0.1, 0.15) is 29.8 Å². The zero-order valence-electron chi connectivity index (χ0n) is 20.1. The molecular weight excluding hydrogens is 515 g/mol. The molecule has 1 aliphatic rings. The lowest BCUT2D eigenvalue weighted by Crippen LogP contribution is -2.24. The molecule has 0 radical (unpaired) electrons. The average molecular weight is 535 g/mol. The Balaban J connectivity index is 1.38. The number of aromatic hydroxyl groups is 1. The molecule has 6 rings (SSSR count). The van der Waals surface area contributed by atoms with Crippen LogP contribution >= 0.6 is 0 Å². The first-order chi connectivity index (χ1) is 18.7. The number of nitrogens with one attached hydrogen (secondary N) is 3. The van der Waals surface area contributed by atoms with E-state index >= 15 is 0 Å². The smallest absolute Gasteiger partial charge is 0.433 e. The van der Waals surface area contributed by atoms with Gasteiger partial charge in [-0.25, -0.2) is 9.79 Å². The van der Waals surface area contributed by atoms with Crippen molar-refractivity contribution in [1.82, 2.24) is 34.5 Å². The zero-order chi connectivity index (χ0) is 27.1. The molecule has 0 amide bonds. The summed E-state index contributed by atoms with van der Waals surface area (Å²) in [6.07, 6.45) is 1.49. The number of pyridine rings is 1. The molecule has 0 saturated heterocycles. The average Bonchev–Trinajstić information content (AvgIpc) is 3.55. The van der Waals surface area contributed by atoms with Crippen LogP contribution in [0.25, 0.3) is 22.9 Å². The van der Waals surface area contributed by atoms with Crippen LogP contribution in [0.4, 0.5) is 19.1 Å². The predicted molar refractivity (Wildman–Crippen MR) is 133 cm³/mol. The van der Waals surface area contributed by atoms with Crippen molar-refractivity contribution >= 4 is 17.7 Å². The lowest BCUT2D eigenvalue weighted by atomic mass is 10.00. The third-order valence-corrected chi connectivity index (χ3v) is 6.07. The van der Waals surface area contributed by atoms with E-state index in [4.69, 9.17) is 0 Å². The van der Waals surface area contributed by atoms with Gasteiger partial charge in [0.05, 0.1) is 12.2 Å². The zero-order valence-corrected chi connectivity index (χ0v) is 20.1. The molecule has 4 aromatic heterocycles. The van der Waals surface area contributed by atoms with E-state index in [2.05, 4.69) is 40.3 Å². The largest absolute Gasteiger partial charge is 0.493 e. The van der Waals surface area contributed by atoms with E-state index < -0.39 is 17.6 Å². The van der Waals surface area contributed by atoms with Crippen LogP contribution in [0.2, 0.25) is 0 Å². The van der Waals surface area contributed by atoms with Gasteiger partial charge in [0.15, 0.2) is 5.65 Å². The number of fused-ring (bicyclic) bond motifs is 1. The fourth-order valence-electron chi connectivity index (χ4n) is 4.04. The number of aromatic nitrogens is 7. The lowest BCUT2D eigenvalue weighted by molar-refractivity contribution is -0.141. The molecule has 39 heavy (non-hydrogen) atoms. The Morgan fingerprint density at radius 1 is 1.18 bits per heavy atom. The number of H-pyrrole nitrogens is 2. The Bertz CT molecular complexity index is 1870. The molecule has 11 nitrogen and oxygen atoms in total. The number of anilines is 1. The molecule has 198 valence electrons. The van der Waals surface area contributed by atoms with Crippen molar-refractivity contribution in [3.63, 3.8) is 0 Å². The standard InChI is InChI=1S/C25H20F3N9O2/c26-25(27,28)19-10-13(7-8-29-19)17-4-2-1-3-14(17)11-30-22-34-20-15(9-18-21(38)35-24(39)33-18)12-31-37(20)23(36-22)32-16-5-6-16/h1-4,7-10,12,16,38H,5-6,11H2,(H,30,32,36)(H2,33,35,39). The summed E-state index contributed by atoms with van der Waals surface area (Å²) >= 11 is 0. The van der Waals surface area contributed by atoms with Crippen molar-refractivity contribution in [2.45, 2.75) is 31.6 Å². The van der Waals surface area contributed by atoms with Gasteiger partial charge in [-0.1, -0.05) is 24.3 Å². The van der Waals surface area contributed by atoms with Crippen molar-refractivity contribution in [2.75, 3.05) is 5.32 Å².